The van der Waals surface area contributed by atoms with Crippen LogP contribution in [0.25, 0.3) is 0 Å². The number of hydrogen-bond donors (Lipinski definition) is 0. The van der Waals surface area contributed by atoms with Gasteiger partial charge in [-0.05, 0) is 62.1 Å². The summed E-state index contributed by atoms with van der Waals surface area (Å²) in [6, 6.07) is 6.51. The summed E-state index contributed by atoms with van der Waals surface area (Å²) in [5.74, 6) is 1.18. The number of halogens is 5. The average Bonchev–Trinajstić information content (AvgIpc) is 3.79. The summed E-state index contributed by atoms with van der Waals surface area (Å²) < 4.78 is 14.2. The molecule has 10 nitrogen and oxygen atoms in total. The van der Waals surface area contributed by atoms with Gasteiger partial charge in [0.15, 0.2) is 0 Å². The number of benzene rings is 2. The summed E-state index contributed by atoms with van der Waals surface area (Å²) in [5.41, 5.74) is 1.72. The summed E-state index contributed by atoms with van der Waals surface area (Å²) in [5, 5.41) is 2.06. The van der Waals surface area contributed by atoms with Gasteiger partial charge in [-0.1, -0.05) is 85.0 Å². The summed E-state index contributed by atoms with van der Waals surface area (Å²) >= 11 is 27.5. The molecule has 0 unspecified atom stereocenters. The zero-order valence-corrected chi connectivity index (χ0v) is 31.6. The van der Waals surface area contributed by atoms with Crippen molar-refractivity contribution in [1.82, 2.24) is 28.9 Å². The minimum atomic E-state index is -0.174. The maximum atomic E-state index is 12.3. The number of carbonyl (C=O) groups is 2. The van der Waals surface area contributed by atoms with Crippen LogP contribution < -0.4 is 9.47 Å². The fourth-order valence-corrected chi connectivity index (χ4v) is 5.68. The third-order valence-electron chi connectivity index (χ3n) is 6.46. The predicted molar refractivity (Wildman–Crippen MR) is 187 cm³/mol. The van der Waals surface area contributed by atoms with Crippen LogP contribution in [0.5, 0.6) is 11.5 Å². The molecule has 2 heterocycles. The molecule has 2 aromatic heterocycles. The Hall–Kier alpha value is -2.66. The van der Waals surface area contributed by atoms with Crippen molar-refractivity contribution in [3.05, 3.63) is 92.9 Å². The molecule has 265 valence electrons. The Balaban J connectivity index is 0.000000317. The number of aromatic nitrogens is 4. The summed E-state index contributed by atoms with van der Waals surface area (Å²) in [4.78, 5) is 35.6. The second-order valence-corrected chi connectivity index (χ2v) is 11.8. The molecule has 0 bridgehead atoms. The molecule has 0 saturated heterocycles. The Morgan fingerprint density at radius 3 is 1.38 bits per heavy atom. The van der Waals surface area contributed by atoms with Gasteiger partial charge in [0.05, 0.1) is 10.0 Å². The second kappa shape index (κ2) is 22.1. The Bertz CT molecular complexity index is 1400. The first-order chi connectivity index (χ1) is 23.0. The van der Waals surface area contributed by atoms with E-state index in [-0.39, 0.29) is 12.1 Å². The summed E-state index contributed by atoms with van der Waals surface area (Å²) in [6.07, 6.45) is 13.1. The summed E-state index contributed by atoms with van der Waals surface area (Å²) in [7, 11) is 4.26. The third-order valence-corrected chi connectivity index (χ3v) is 7.45. The average molecular weight is 805 g/mol. The zero-order chi connectivity index (χ0) is 35.6. The van der Waals surface area contributed by atoms with E-state index in [0.29, 0.717) is 71.0 Å². The van der Waals surface area contributed by atoms with Gasteiger partial charge in [-0.3, -0.25) is 0 Å². The normalized spacial score (nSPS) is 10.3. The van der Waals surface area contributed by atoms with E-state index >= 15 is 0 Å². The van der Waals surface area contributed by atoms with E-state index in [2.05, 4.69) is 47.4 Å². The SMILES string of the molecule is CCCN(CCOc1c(C)cc(Cl)cc1Cl)C(=O)n1[c-]ncc1.CCCN(CCOc1c(C)cc(Cl)cc1Cl)C(=O)n1[c-]ncc1.[Cl][Ni]. The zero-order valence-electron chi connectivity index (χ0n) is 26.8. The minimum absolute atomic E-state index is 0.174. The molecule has 0 spiro atoms. The molecule has 0 aliphatic rings. The number of nitrogens with zero attached hydrogens (tertiary/aromatic N) is 6. The van der Waals surface area contributed by atoms with E-state index in [4.69, 9.17) is 55.9 Å². The standard InChI is InChI=1S/2C16H18Cl2N3O2.ClH.Ni/c2*1-3-5-20(16(22)21-6-4-19-11-21)7-8-23-15-12(2)9-13(17)10-14(15)18;;/h2*4,6,9-10H,3,5,7-8H2,1-2H3;1H;/q2*-1;;+1/p-1. The Morgan fingerprint density at radius 1 is 0.708 bits per heavy atom. The van der Waals surface area contributed by atoms with Gasteiger partial charge in [0, 0.05) is 48.9 Å². The number of imidazole rings is 2. The van der Waals surface area contributed by atoms with Crippen molar-refractivity contribution in [2.75, 3.05) is 39.4 Å². The fraction of sp³-hybridized carbons (Fsp3) is 0.375. The number of ether oxygens (including phenoxy) is 2. The number of hydrogen-bond acceptors (Lipinski definition) is 6. The molecule has 4 aromatic rings. The monoisotopic (exact) mass is 801 g/mol. The van der Waals surface area contributed by atoms with Gasteiger partial charge in [0.25, 0.3) is 0 Å². The van der Waals surface area contributed by atoms with Crippen LogP contribution in [0.3, 0.4) is 0 Å². The molecular weight excluding hydrogens is 768 g/mol. The van der Waals surface area contributed by atoms with Gasteiger partial charge in [-0.2, -0.15) is 0 Å². The van der Waals surface area contributed by atoms with Crippen LogP contribution in [-0.4, -0.2) is 80.4 Å². The van der Waals surface area contributed by atoms with Crippen molar-refractivity contribution in [3.63, 3.8) is 0 Å². The van der Waals surface area contributed by atoms with Gasteiger partial charge in [-0.15, -0.1) is 0 Å². The van der Waals surface area contributed by atoms with Crippen LogP contribution >= 0.6 is 56.6 Å². The van der Waals surface area contributed by atoms with Crippen molar-refractivity contribution in [2.24, 2.45) is 0 Å². The van der Waals surface area contributed by atoms with Gasteiger partial charge in [0.2, 0.25) is 12.1 Å². The molecule has 0 fully saturated rings. The first-order valence-corrected chi connectivity index (χ1v) is 17.6. The maximum absolute atomic E-state index is 12.3. The van der Waals surface area contributed by atoms with Gasteiger partial charge in [0.1, 0.15) is 24.7 Å². The number of amides is 2. The van der Waals surface area contributed by atoms with Crippen molar-refractivity contribution in [3.8, 4) is 11.5 Å². The third kappa shape index (κ3) is 13.0. The van der Waals surface area contributed by atoms with E-state index in [0.717, 1.165) is 24.0 Å². The van der Waals surface area contributed by atoms with Crippen molar-refractivity contribution < 1.29 is 33.6 Å². The first kappa shape index (κ1) is 41.5. The molecule has 2 aromatic carbocycles. The number of aryl methyl sites for hydroxylation is 2. The van der Waals surface area contributed by atoms with E-state index in [1.807, 2.05) is 27.7 Å². The quantitative estimate of drug-likeness (QED) is 0.105. The first-order valence-electron chi connectivity index (χ1n) is 14.7. The van der Waals surface area contributed by atoms with Crippen molar-refractivity contribution in [2.45, 2.75) is 40.5 Å². The van der Waals surface area contributed by atoms with Crippen LogP contribution in [0.15, 0.2) is 49.1 Å². The molecule has 0 aliphatic carbocycles. The van der Waals surface area contributed by atoms with Gasteiger partial charge >= 0.3 is 24.8 Å². The number of carbonyl (C=O) groups excluding carboxylic acids is 2. The predicted octanol–water partition coefficient (Wildman–Crippen LogP) is 8.80. The van der Waals surface area contributed by atoms with Crippen LogP contribution in [0, 0.1) is 26.5 Å². The molecule has 2 amide bonds. The summed E-state index contributed by atoms with van der Waals surface area (Å²) in [6.45, 7) is 10.6. The van der Waals surface area contributed by atoms with Crippen LogP contribution in [0.2, 0.25) is 20.1 Å². The molecule has 4 rings (SSSR count). The number of rotatable bonds is 12. The van der Waals surface area contributed by atoms with E-state index in [1.165, 1.54) is 21.5 Å². The Morgan fingerprint density at radius 2 is 1.08 bits per heavy atom. The Labute approximate surface area is 313 Å². The van der Waals surface area contributed by atoms with E-state index < -0.39 is 0 Å². The molecule has 16 heteroatoms. The molecule has 0 atom stereocenters. The molecule has 0 aliphatic heterocycles. The molecular formula is C32H36Cl5N6NiO4-2. The van der Waals surface area contributed by atoms with E-state index in [9.17, 15) is 9.59 Å². The van der Waals surface area contributed by atoms with Gasteiger partial charge in [-0.25, -0.2) is 0 Å². The van der Waals surface area contributed by atoms with Gasteiger partial charge < -0.3 is 48.0 Å². The van der Waals surface area contributed by atoms with Crippen LogP contribution in [-0.2, 0) is 14.6 Å². The van der Waals surface area contributed by atoms with Crippen LogP contribution in [0.4, 0.5) is 9.59 Å². The fourth-order valence-electron chi connectivity index (χ4n) is 4.38. The topological polar surface area (TPSA) is 94.7 Å². The Kier molecular flexibility index (Phi) is 19.1. The molecule has 48 heavy (non-hydrogen) atoms. The van der Waals surface area contributed by atoms with Crippen LogP contribution in [0.1, 0.15) is 37.8 Å². The second-order valence-electron chi connectivity index (χ2n) is 10.1. The molecule has 0 radical (unpaired) electrons. The molecule has 0 saturated carbocycles. The molecule has 0 N–H and O–H groups in total. The van der Waals surface area contributed by atoms with Crippen molar-refractivity contribution in [1.29, 1.82) is 0 Å². The van der Waals surface area contributed by atoms with Crippen molar-refractivity contribution >= 4 is 68.7 Å². The van der Waals surface area contributed by atoms with E-state index in [1.54, 1.807) is 46.5 Å².